The summed E-state index contributed by atoms with van der Waals surface area (Å²) in [5.41, 5.74) is 4.61. The van der Waals surface area contributed by atoms with Crippen LogP contribution in [0.5, 0.6) is 0 Å². The fourth-order valence-corrected chi connectivity index (χ4v) is 2.84. The summed E-state index contributed by atoms with van der Waals surface area (Å²) in [6.07, 6.45) is 1.55. The first kappa shape index (κ1) is 17.3. The molecule has 0 heterocycles. The molecule has 0 amide bonds. The summed E-state index contributed by atoms with van der Waals surface area (Å²) < 4.78 is 5.00. The van der Waals surface area contributed by atoms with Crippen LogP contribution in [0.1, 0.15) is 31.1 Å². The molecule has 0 saturated heterocycles. The van der Waals surface area contributed by atoms with Crippen LogP contribution in [0.3, 0.4) is 0 Å². The second-order valence-corrected chi connectivity index (χ2v) is 5.70. The van der Waals surface area contributed by atoms with E-state index in [-0.39, 0.29) is 0 Å². The lowest BCUT2D eigenvalue weighted by Crippen LogP contribution is -2.06. The molecule has 0 aliphatic rings. The van der Waals surface area contributed by atoms with Gasteiger partial charge >= 0.3 is 5.97 Å². The third-order valence-electron chi connectivity index (χ3n) is 4.17. The summed E-state index contributed by atoms with van der Waals surface area (Å²) in [4.78, 5) is 34.2. The summed E-state index contributed by atoms with van der Waals surface area (Å²) in [7, 11) is 1.34. The van der Waals surface area contributed by atoms with E-state index in [2.05, 4.69) is 0 Å². The van der Waals surface area contributed by atoms with Crippen molar-refractivity contribution in [2.75, 3.05) is 7.11 Å². The van der Waals surface area contributed by atoms with Gasteiger partial charge in [-0.2, -0.15) is 0 Å². The Bertz CT molecular complexity index is 885. The standard InChI is InChI=1S/C22H16O4/c1-26-22(25)21-19(17-9-5-15(13-23)6-10-17)3-2-4-20(21)18-11-7-16(14-24)8-12-18/h2-14H,1H3. The second-order valence-electron chi connectivity index (χ2n) is 5.70. The lowest BCUT2D eigenvalue weighted by atomic mass is 9.91. The maximum atomic E-state index is 12.5. The van der Waals surface area contributed by atoms with Crippen LogP contribution in [0.4, 0.5) is 0 Å². The molecule has 3 aromatic carbocycles. The highest BCUT2D eigenvalue weighted by atomic mass is 16.5. The normalized spacial score (nSPS) is 10.2. The van der Waals surface area contributed by atoms with Crippen molar-refractivity contribution in [3.63, 3.8) is 0 Å². The van der Waals surface area contributed by atoms with E-state index in [4.69, 9.17) is 4.74 Å². The molecule has 4 nitrogen and oxygen atoms in total. The number of ether oxygens (including phenoxy) is 1. The van der Waals surface area contributed by atoms with E-state index in [9.17, 15) is 14.4 Å². The Labute approximate surface area is 151 Å². The van der Waals surface area contributed by atoms with Gasteiger partial charge in [-0.15, -0.1) is 0 Å². The van der Waals surface area contributed by atoms with Crippen molar-refractivity contribution in [2.45, 2.75) is 0 Å². The third-order valence-corrected chi connectivity index (χ3v) is 4.17. The first-order chi connectivity index (χ1) is 12.7. The Morgan fingerprint density at radius 1 is 0.731 bits per heavy atom. The van der Waals surface area contributed by atoms with Gasteiger partial charge in [-0.3, -0.25) is 9.59 Å². The molecule has 0 unspecified atom stereocenters. The quantitative estimate of drug-likeness (QED) is 0.507. The number of hydrogen-bond donors (Lipinski definition) is 0. The van der Waals surface area contributed by atoms with Crippen molar-refractivity contribution < 1.29 is 19.1 Å². The van der Waals surface area contributed by atoms with Gasteiger partial charge in [0.1, 0.15) is 12.6 Å². The molecule has 3 aromatic rings. The van der Waals surface area contributed by atoms with E-state index in [0.717, 1.165) is 23.7 Å². The first-order valence-electron chi connectivity index (χ1n) is 8.00. The van der Waals surface area contributed by atoms with Gasteiger partial charge < -0.3 is 4.74 Å². The molecule has 0 saturated carbocycles. The minimum Gasteiger partial charge on any atom is -0.465 e. The second kappa shape index (κ2) is 7.57. The summed E-state index contributed by atoms with van der Waals surface area (Å²) in [6.45, 7) is 0. The average Bonchev–Trinajstić information content (AvgIpc) is 2.72. The molecule has 0 spiro atoms. The number of carbonyl (C=O) groups is 3. The van der Waals surface area contributed by atoms with Crippen LogP contribution in [0, 0.1) is 0 Å². The number of methoxy groups -OCH3 is 1. The summed E-state index contributed by atoms with van der Waals surface area (Å²) in [5, 5.41) is 0. The largest absolute Gasteiger partial charge is 0.465 e. The highest BCUT2D eigenvalue weighted by Gasteiger charge is 2.19. The SMILES string of the molecule is COC(=O)c1c(-c2ccc(C=O)cc2)cccc1-c1ccc(C=O)cc1. The average molecular weight is 344 g/mol. The Morgan fingerprint density at radius 2 is 1.15 bits per heavy atom. The summed E-state index contributed by atoms with van der Waals surface area (Å²) in [6, 6.07) is 19.5. The molecule has 0 N–H and O–H groups in total. The predicted molar refractivity (Wildman–Crippen MR) is 99.4 cm³/mol. The monoisotopic (exact) mass is 344 g/mol. The minimum atomic E-state index is -0.450. The van der Waals surface area contributed by atoms with E-state index in [1.807, 2.05) is 18.2 Å². The van der Waals surface area contributed by atoms with Gasteiger partial charge in [0, 0.05) is 11.1 Å². The Hall–Kier alpha value is -3.53. The van der Waals surface area contributed by atoms with Gasteiger partial charge in [0.15, 0.2) is 0 Å². The zero-order valence-corrected chi connectivity index (χ0v) is 14.1. The van der Waals surface area contributed by atoms with Gasteiger partial charge in [-0.25, -0.2) is 4.79 Å². The third kappa shape index (κ3) is 3.30. The smallest absolute Gasteiger partial charge is 0.339 e. The van der Waals surface area contributed by atoms with Gasteiger partial charge in [0.05, 0.1) is 12.7 Å². The molecule has 128 valence electrons. The van der Waals surface area contributed by atoms with E-state index in [1.54, 1.807) is 48.5 Å². The Kier molecular flexibility index (Phi) is 5.04. The number of benzene rings is 3. The van der Waals surface area contributed by atoms with Crippen LogP contribution in [0.15, 0.2) is 66.7 Å². The molecule has 0 fully saturated rings. The van der Waals surface area contributed by atoms with Crippen molar-refractivity contribution in [1.29, 1.82) is 0 Å². The van der Waals surface area contributed by atoms with E-state index >= 15 is 0 Å². The van der Waals surface area contributed by atoms with Crippen molar-refractivity contribution in [3.8, 4) is 22.3 Å². The molecule has 0 aromatic heterocycles. The predicted octanol–water partition coefficient (Wildman–Crippen LogP) is 4.43. The molecular formula is C22H16O4. The molecule has 3 rings (SSSR count). The molecule has 26 heavy (non-hydrogen) atoms. The maximum absolute atomic E-state index is 12.5. The van der Waals surface area contributed by atoms with Gasteiger partial charge in [-0.1, -0.05) is 66.7 Å². The van der Waals surface area contributed by atoms with Gasteiger partial charge in [0.2, 0.25) is 0 Å². The van der Waals surface area contributed by atoms with Crippen LogP contribution in [0.25, 0.3) is 22.3 Å². The zero-order chi connectivity index (χ0) is 18.5. The van der Waals surface area contributed by atoms with Crippen LogP contribution in [-0.2, 0) is 4.74 Å². The van der Waals surface area contributed by atoms with Crippen molar-refractivity contribution in [1.82, 2.24) is 0 Å². The molecule has 4 heteroatoms. The van der Waals surface area contributed by atoms with Crippen molar-refractivity contribution in [2.24, 2.45) is 0 Å². The fraction of sp³-hybridized carbons (Fsp3) is 0.0455. The Balaban J connectivity index is 2.19. The zero-order valence-electron chi connectivity index (χ0n) is 14.1. The molecule has 0 bridgehead atoms. The minimum absolute atomic E-state index is 0.438. The van der Waals surface area contributed by atoms with Crippen LogP contribution >= 0.6 is 0 Å². The van der Waals surface area contributed by atoms with Crippen LogP contribution < -0.4 is 0 Å². The van der Waals surface area contributed by atoms with Gasteiger partial charge in [-0.05, 0) is 22.3 Å². The van der Waals surface area contributed by atoms with Gasteiger partial charge in [0.25, 0.3) is 0 Å². The Morgan fingerprint density at radius 3 is 1.50 bits per heavy atom. The lowest BCUT2D eigenvalue weighted by molar-refractivity contribution is 0.0602. The molecular weight excluding hydrogens is 328 g/mol. The maximum Gasteiger partial charge on any atom is 0.339 e. The topological polar surface area (TPSA) is 60.4 Å². The van der Waals surface area contributed by atoms with Crippen LogP contribution in [-0.4, -0.2) is 25.7 Å². The highest BCUT2D eigenvalue weighted by molar-refractivity contribution is 6.04. The number of aldehydes is 2. The summed E-state index contributed by atoms with van der Waals surface area (Å²) in [5.74, 6) is -0.450. The first-order valence-corrected chi connectivity index (χ1v) is 8.00. The number of rotatable bonds is 5. The number of carbonyl (C=O) groups excluding carboxylic acids is 3. The van der Waals surface area contributed by atoms with E-state index in [1.165, 1.54) is 7.11 Å². The highest BCUT2D eigenvalue weighted by Crippen LogP contribution is 2.33. The molecule has 0 aliphatic carbocycles. The van der Waals surface area contributed by atoms with E-state index in [0.29, 0.717) is 27.8 Å². The van der Waals surface area contributed by atoms with E-state index < -0.39 is 5.97 Å². The van der Waals surface area contributed by atoms with Crippen molar-refractivity contribution >= 4 is 18.5 Å². The van der Waals surface area contributed by atoms with Crippen molar-refractivity contribution in [3.05, 3.63) is 83.4 Å². The van der Waals surface area contributed by atoms with Crippen LogP contribution in [0.2, 0.25) is 0 Å². The molecule has 0 atom stereocenters. The molecule has 0 radical (unpaired) electrons. The lowest BCUT2D eigenvalue weighted by Gasteiger charge is -2.14. The fourth-order valence-electron chi connectivity index (χ4n) is 2.84. The molecule has 0 aliphatic heterocycles. The number of hydrogen-bond acceptors (Lipinski definition) is 4. The summed E-state index contributed by atoms with van der Waals surface area (Å²) >= 11 is 0. The number of esters is 1.